The molecule has 1 atom stereocenters. The molecule has 0 aliphatic carbocycles. The predicted molar refractivity (Wildman–Crippen MR) is 124 cm³/mol. The van der Waals surface area contributed by atoms with E-state index < -0.39 is 6.10 Å². The molecule has 0 bridgehead atoms. The van der Waals surface area contributed by atoms with Gasteiger partial charge in [0.25, 0.3) is 0 Å². The molecule has 0 spiro atoms. The Kier molecular flexibility index (Phi) is 7.13. The Bertz CT molecular complexity index is 1090. The summed E-state index contributed by atoms with van der Waals surface area (Å²) in [5.74, 6) is 0.391. The summed E-state index contributed by atoms with van der Waals surface area (Å²) in [5, 5.41) is 10.3. The Hall–Kier alpha value is -2.70. The van der Waals surface area contributed by atoms with Crippen molar-refractivity contribution in [3.63, 3.8) is 0 Å². The van der Waals surface area contributed by atoms with Gasteiger partial charge in [0.2, 0.25) is 5.91 Å². The molecule has 31 heavy (non-hydrogen) atoms. The van der Waals surface area contributed by atoms with Crippen LogP contribution in [-0.4, -0.2) is 33.9 Å². The molecular weight excluding hydrogens is 390 g/mol. The Labute approximate surface area is 184 Å². The van der Waals surface area contributed by atoms with E-state index in [0.29, 0.717) is 12.4 Å². The number of ether oxygens (including phenoxy) is 1. The van der Waals surface area contributed by atoms with Gasteiger partial charge in [-0.05, 0) is 75.4 Å². The topological polar surface area (TPSA) is 67.6 Å². The molecule has 1 heterocycles. The number of aliphatic hydroxyl groups is 1. The number of aromatic nitrogens is 2. The average molecular weight is 424 g/mol. The fraction of sp³-hybridized carbons (Fsp3) is 0.440. The standard InChI is InChI=1S/C25H33N3O3/c1-7-20-11-9-10-16(3)24(20)28(15-31-8-2)23(30)14-27-22-13-18(5)17(4)12-21(22)26-25(27)19(6)29/h9-13,19,29H,7-8,14-15H2,1-6H3. The van der Waals surface area contributed by atoms with Gasteiger partial charge in [-0.2, -0.15) is 0 Å². The Morgan fingerprint density at radius 2 is 1.87 bits per heavy atom. The van der Waals surface area contributed by atoms with E-state index in [1.807, 2.05) is 56.5 Å². The number of amides is 1. The van der Waals surface area contributed by atoms with Crippen molar-refractivity contribution in [3.8, 4) is 0 Å². The molecule has 2 aromatic carbocycles. The van der Waals surface area contributed by atoms with Gasteiger partial charge in [0, 0.05) is 6.61 Å². The Morgan fingerprint density at radius 3 is 2.52 bits per heavy atom. The number of aliphatic hydroxyl groups excluding tert-OH is 1. The normalized spacial score (nSPS) is 12.4. The number of carbonyl (C=O) groups is 1. The van der Waals surface area contributed by atoms with E-state index in [2.05, 4.69) is 18.0 Å². The minimum atomic E-state index is -0.786. The van der Waals surface area contributed by atoms with Crippen molar-refractivity contribution in [3.05, 3.63) is 58.4 Å². The lowest BCUT2D eigenvalue weighted by Gasteiger charge is -2.27. The average Bonchev–Trinajstić information content (AvgIpc) is 3.07. The number of rotatable bonds is 8. The van der Waals surface area contributed by atoms with Crippen LogP contribution in [0.25, 0.3) is 11.0 Å². The number of aryl methyl sites for hydroxylation is 4. The molecule has 166 valence electrons. The second-order valence-corrected chi connectivity index (χ2v) is 8.04. The fourth-order valence-corrected chi connectivity index (χ4v) is 3.94. The molecule has 0 fully saturated rings. The third kappa shape index (κ3) is 4.65. The first-order valence-electron chi connectivity index (χ1n) is 10.9. The zero-order chi connectivity index (χ0) is 22.7. The highest BCUT2D eigenvalue weighted by Gasteiger charge is 2.24. The van der Waals surface area contributed by atoms with Crippen LogP contribution in [0.3, 0.4) is 0 Å². The van der Waals surface area contributed by atoms with Gasteiger partial charge in [-0.25, -0.2) is 4.98 Å². The third-order valence-electron chi connectivity index (χ3n) is 5.76. The maximum Gasteiger partial charge on any atom is 0.248 e. The molecule has 1 amide bonds. The zero-order valence-corrected chi connectivity index (χ0v) is 19.4. The molecule has 6 heteroatoms. The first kappa shape index (κ1) is 23.0. The maximum atomic E-state index is 13.6. The van der Waals surface area contributed by atoms with Crippen LogP contribution in [0.4, 0.5) is 5.69 Å². The summed E-state index contributed by atoms with van der Waals surface area (Å²) in [6.07, 6.45) is 0.0315. The fourth-order valence-electron chi connectivity index (χ4n) is 3.94. The summed E-state index contributed by atoms with van der Waals surface area (Å²) in [5.41, 5.74) is 6.93. The lowest BCUT2D eigenvalue weighted by Crippen LogP contribution is -2.37. The molecule has 0 saturated heterocycles. The van der Waals surface area contributed by atoms with Gasteiger partial charge in [-0.3, -0.25) is 9.69 Å². The van der Waals surface area contributed by atoms with Crippen molar-refractivity contribution < 1.29 is 14.6 Å². The van der Waals surface area contributed by atoms with Gasteiger partial charge < -0.3 is 14.4 Å². The number of para-hydroxylation sites is 1. The summed E-state index contributed by atoms with van der Waals surface area (Å²) >= 11 is 0. The number of fused-ring (bicyclic) bond motifs is 1. The molecule has 0 radical (unpaired) electrons. The summed E-state index contributed by atoms with van der Waals surface area (Å²) in [7, 11) is 0. The third-order valence-corrected chi connectivity index (χ3v) is 5.76. The van der Waals surface area contributed by atoms with Crippen molar-refractivity contribution in [1.29, 1.82) is 0 Å². The summed E-state index contributed by atoms with van der Waals surface area (Å²) in [6, 6.07) is 10.1. The summed E-state index contributed by atoms with van der Waals surface area (Å²) in [4.78, 5) is 20.0. The summed E-state index contributed by atoms with van der Waals surface area (Å²) in [6.45, 7) is 12.5. The molecule has 1 aromatic heterocycles. The van der Waals surface area contributed by atoms with Crippen molar-refractivity contribution in [1.82, 2.24) is 9.55 Å². The largest absolute Gasteiger partial charge is 0.385 e. The van der Waals surface area contributed by atoms with E-state index in [-0.39, 0.29) is 19.2 Å². The van der Waals surface area contributed by atoms with Crippen molar-refractivity contribution in [2.24, 2.45) is 0 Å². The molecule has 0 aliphatic rings. The van der Waals surface area contributed by atoms with Gasteiger partial charge in [-0.15, -0.1) is 0 Å². The molecule has 3 rings (SSSR count). The van der Waals surface area contributed by atoms with Gasteiger partial charge in [0.15, 0.2) is 0 Å². The molecule has 0 saturated carbocycles. The highest BCUT2D eigenvalue weighted by Crippen LogP contribution is 2.28. The molecule has 1 unspecified atom stereocenters. The van der Waals surface area contributed by atoms with Crippen molar-refractivity contribution >= 4 is 22.6 Å². The quantitative estimate of drug-likeness (QED) is 0.538. The lowest BCUT2D eigenvalue weighted by atomic mass is 10.0. The van der Waals surface area contributed by atoms with Gasteiger partial charge in [-0.1, -0.05) is 25.1 Å². The van der Waals surface area contributed by atoms with Crippen LogP contribution >= 0.6 is 0 Å². The molecule has 0 aliphatic heterocycles. The number of carbonyl (C=O) groups excluding carboxylic acids is 1. The number of hydrogen-bond acceptors (Lipinski definition) is 4. The first-order valence-corrected chi connectivity index (χ1v) is 10.9. The van der Waals surface area contributed by atoms with Crippen LogP contribution in [0.5, 0.6) is 0 Å². The highest BCUT2D eigenvalue weighted by molar-refractivity contribution is 5.95. The molecule has 3 aromatic rings. The van der Waals surface area contributed by atoms with Gasteiger partial charge >= 0.3 is 0 Å². The van der Waals surface area contributed by atoms with E-state index in [1.54, 1.807) is 11.8 Å². The van der Waals surface area contributed by atoms with Crippen LogP contribution in [0.2, 0.25) is 0 Å². The zero-order valence-electron chi connectivity index (χ0n) is 19.4. The number of benzene rings is 2. The maximum absolute atomic E-state index is 13.6. The van der Waals surface area contributed by atoms with E-state index in [9.17, 15) is 9.90 Å². The van der Waals surface area contributed by atoms with Crippen molar-refractivity contribution in [2.45, 2.75) is 60.6 Å². The van der Waals surface area contributed by atoms with E-state index in [1.165, 1.54) is 0 Å². The summed E-state index contributed by atoms with van der Waals surface area (Å²) < 4.78 is 7.51. The lowest BCUT2D eigenvalue weighted by molar-refractivity contribution is -0.120. The molecule has 6 nitrogen and oxygen atoms in total. The monoisotopic (exact) mass is 423 g/mol. The van der Waals surface area contributed by atoms with Crippen molar-refractivity contribution in [2.75, 3.05) is 18.2 Å². The SMILES string of the molecule is CCOCN(C(=O)Cn1c(C(C)O)nc2cc(C)c(C)cc21)c1c(C)cccc1CC. The Morgan fingerprint density at radius 1 is 1.16 bits per heavy atom. The number of anilines is 1. The Balaban J connectivity index is 2.08. The second kappa shape index (κ2) is 9.62. The molecular formula is C25H33N3O3. The minimum Gasteiger partial charge on any atom is -0.385 e. The molecule has 1 N–H and O–H groups in total. The highest BCUT2D eigenvalue weighted by atomic mass is 16.5. The smallest absolute Gasteiger partial charge is 0.248 e. The van der Waals surface area contributed by atoms with E-state index >= 15 is 0 Å². The van der Waals surface area contributed by atoms with Gasteiger partial charge in [0.05, 0.1) is 16.7 Å². The van der Waals surface area contributed by atoms with Gasteiger partial charge in [0.1, 0.15) is 25.2 Å². The second-order valence-electron chi connectivity index (χ2n) is 8.04. The minimum absolute atomic E-state index is 0.0732. The van der Waals surface area contributed by atoms with Crippen LogP contribution in [-0.2, 0) is 22.5 Å². The van der Waals surface area contributed by atoms with Crippen LogP contribution in [0.15, 0.2) is 30.3 Å². The first-order chi connectivity index (χ1) is 14.8. The van der Waals surface area contributed by atoms with Crippen LogP contribution < -0.4 is 4.90 Å². The van der Waals surface area contributed by atoms with E-state index in [0.717, 1.165) is 45.4 Å². The predicted octanol–water partition coefficient (Wildman–Crippen LogP) is 4.60. The van der Waals surface area contributed by atoms with Crippen LogP contribution in [0.1, 0.15) is 55.0 Å². The number of imidazole rings is 1. The van der Waals surface area contributed by atoms with Crippen LogP contribution in [0, 0.1) is 20.8 Å². The number of hydrogen-bond donors (Lipinski definition) is 1. The van der Waals surface area contributed by atoms with E-state index in [4.69, 9.17) is 4.74 Å². The number of nitrogens with zero attached hydrogens (tertiary/aromatic N) is 3.